The summed E-state index contributed by atoms with van der Waals surface area (Å²) in [5, 5.41) is 11.0. The summed E-state index contributed by atoms with van der Waals surface area (Å²) in [6.45, 7) is 1.93. The standard InChI is InChI=1S/C24H18ClN5OS/c1-15-22(19-4-2-3-5-20(19)27-15)21(31)14-32-24-29-28-23(16-10-12-26-13-11-16)30(24)18-8-6-17(25)7-9-18/h2-13,27H,14H2,1H3. The highest BCUT2D eigenvalue weighted by Gasteiger charge is 2.20. The highest BCUT2D eigenvalue weighted by Crippen LogP contribution is 2.30. The summed E-state index contributed by atoms with van der Waals surface area (Å²) in [4.78, 5) is 20.5. The molecule has 3 heterocycles. The van der Waals surface area contributed by atoms with Crippen molar-refractivity contribution in [2.24, 2.45) is 0 Å². The van der Waals surface area contributed by atoms with Gasteiger partial charge in [-0.2, -0.15) is 0 Å². The minimum Gasteiger partial charge on any atom is -0.358 e. The predicted octanol–water partition coefficient (Wildman–Crippen LogP) is 5.75. The van der Waals surface area contributed by atoms with Crippen molar-refractivity contribution in [3.63, 3.8) is 0 Å². The lowest BCUT2D eigenvalue weighted by atomic mass is 10.1. The number of para-hydroxylation sites is 1. The lowest BCUT2D eigenvalue weighted by Crippen LogP contribution is -2.06. The van der Waals surface area contributed by atoms with E-state index in [1.165, 1.54) is 11.8 Å². The minimum absolute atomic E-state index is 0.0427. The zero-order chi connectivity index (χ0) is 22.1. The van der Waals surface area contributed by atoms with Crippen molar-refractivity contribution in [1.29, 1.82) is 0 Å². The SMILES string of the molecule is Cc1[nH]c2ccccc2c1C(=O)CSc1nnc(-c2ccncc2)n1-c1ccc(Cl)cc1. The van der Waals surface area contributed by atoms with Crippen molar-refractivity contribution >= 4 is 40.0 Å². The molecule has 0 bridgehead atoms. The molecule has 0 radical (unpaired) electrons. The van der Waals surface area contributed by atoms with Gasteiger partial charge in [-0.25, -0.2) is 0 Å². The molecule has 0 aliphatic rings. The molecule has 0 atom stereocenters. The van der Waals surface area contributed by atoms with Crippen LogP contribution in [0.1, 0.15) is 16.1 Å². The molecule has 6 nitrogen and oxygen atoms in total. The fourth-order valence-corrected chi connectivity index (χ4v) is 4.66. The highest BCUT2D eigenvalue weighted by atomic mass is 35.5. The van der Waals surface area contributed by atoms with Crippen LogP contribution in [0, 0.1) is 6.92 Å². The van der Waals surface area contributed by atoms with Gasteiger partial charge in [-0.15, -0.1) is 10.2 Å². The number of pyridine rings is 1. The number of hydrogen-bond acceptors (Lipinski definition) is 5. The van der Waals surface area contributed by atoms with Crippen molar-refractivity contribution in [1.82, 2.24) is 24.7 Å². The van der Waals surface area contributed by atoms with Gasteiger partial charge in [0.25, 0.3) is 0 Å². The van der Waals surface area contributed by atoms with Crippen molar-refractivity contribution in [3.8, 4) is 17.1 Å². The number of fused-ring (bicyclic) bond motifs is 1. The third kappa shape index (κ3) is 3.81. The number of carbonyl (C=O) groups excluding carboxylic acids is 1. The monoisotopic (exact) mass is 459 g/mol. The van der Waals surface area contributed by atoms with E-state index in [4.69, 9.17) is 11.6 Å². The molecule has 32 heavy (non-hydrogen) atoms. The van der Waals surface area contributed by atoms with Crippen LogP contribution in [0.25, 0.3) is 28.0 Å². The van der Waals surface area contributed by atoms with E-state index in [1.807, 2.05) is 72.2 Å². The van der Waals surface area contributed by atoms with Crippen LogP contribution < -0.4 is 0 Å². The van der Waals surface area contributed by atoms with E-state index in [0.717, 1.165) is 33.4 Å². The second kappa shape index (κ2) is 8.61. The number of hydrogen-bond donors (Lipinski definition) is 1. The van der Waals surface area contributed by atoms with Crippen molar-refractivity contribution in [2.75, 3.05) is 5.75 Å². The van der Waals surface area contributed by atoms with Crippen molar-refractivity contribution < 1.29 is 4.79 Å². The maximum atomic E-state index is 13.2. The maximum Gasteiger partial charge on any atom is 0.196 e. The maximum absolute atomic E-state index is 13.2. The number of ketones is 1. The van der Waals surface area contributed by atoms with Crippen LogP contribution in [0.15, 0.2) is 78.2 Å². The molecule has 2 aromatic carbocycles. The molecule has 0 saturated carbocycles. The van der Waals surface area contributed by atoms with Crippen LogP contribution in [0.2, 0.25) is 5.02 Å². The van der Waals surface area contributed by atoms with Crippen LogP contribution in [0.4, 0.5) is 0 Å². The summed E-state index contributed by atoms with van der Waals surface area (Å²) in [5.41, 5.74) is 4.30. The van der Waals surface area contributed by atoms with E-state index in [1.54, 1.807) is 12.4 Å². The molecule has 0 aliphatic carbocycles. The fourth-order valence-electron chi connectivity index (χ4n) is 3.71. The lowest BCUT2D eigenvalue weighted by Gasteiger charge is -2.10. The zero-order valence-electron chi connectivity index (χ0n) is 17.1. The van der Waals surface area contributed by atoms with Crippen molar-refractivity contribution in [2.45, 2.75) is 12.1 Å². The number of aryl methyl sites for hydroxylation is 1. The Hall–Kier alpha value is -3.42. The second-order valence-corrected chi connectivity index (χ2v) is 8.62. The second-order valence-electron chi connectivity index (χ2n) is 7.24. The summed E-state index contributed by atoms with van der Waals surface area (Å²) in [7, 11) is 0. The summed E-state index contributed by atoms with van der Waals surface area (Å²) in [6, 6.07) is 19.1. The number of carbonyl (C=O) groups is 1. The average Bonchev–Trinajstić information content (AvgIpc) is 3.39. The van der Waals surface area contributed by atoms with Gasteiger partial charge >= 0.3 is 0 Å². The van der Waals surface area contributed by atoms with Gasteiger partial charge in [0.2, 0.25) is 0 Å². The average molecular weight is 460 g/mol. The largest absolute Gasteiger partial charge is 0.358 e. The predicted molar refractivity (Wildman–Crippen MR) is 128 cm³/mol. The molecule has 0 saturated heterocycles. The Kier molecular flexibility index (Phi) is 5.51. The Morgan fingerprint density at radius 1 is 1.03 bits per heavy atom. The van der Waals surface area contributed by atoms with Crippen LogP contribution >= 0.6 is 23.4 Å². The Bertz CT molecular complexity index is 1410. The van der Waals surface area contributed by atoms with Crippen LogP contribution in [0.3, 0.4) is 0 Å². The quantitative estimate of drug-likeness (QED) is 0.258. The number of aromatic amines is 1. The van der Waals surface area contributed by atoms with Gasteiger partial charge in [0.05, 0.1) is 5.75 Å². The van der Waals surface area contributed by atoms with Gasteiger partial charge in [0, 0.05) is 50.8 Å². The Labute approximate surface area is 193 Å². The number of halogens is 1. The van der Waals surface area contributed by atoms with Gasteiger partial charge in [-0.1, -0.05) is 41.6 Å². The molecule has 5 rings (SSSR count). The van der Waals surface area contributed by atoms with E-state index in [0.29, 0.717) is 16.0 Å². The van der Waals surface area contributed by atoms with Gasteiger partial charge in [0.15, 0.2) is 16.8 Å². The third-order valence-corrected chi connectivity index (χ3v) is 6.34. The molecule has 0 unspecified atom stereocenters. The Morgan fingerprint density at radius 3 is 2.56 bits per heavy atom. The zero-order valence-corrected chi connectivity index (χ0v) is 18.7. The van der Waals surface area contributed by atoms with Gasteiger partial charge in [-0.05, 0) is 49.4 Å². The Balaban J connectivity index is 1.50. The number of rotatable bonds is 6. The molecule has 0 aliphatic heterocycles. The number of thioether (sulfide) groups is 1. The van der Waals surface area contributed by atoms with E-state index in [9.17, 15) is 4.79 Å². The molecular weight excluding hydrogens is 442 g/mol. The molecule has 8 heteroatoms. The van der Waals surface area contributed by atoms with E-state index < -0.39 is 0 Å². The lowest BCUT2D eigenvalue weighted by molar-refractivity contribution is 0.102. The molecule has 0 fully saturated rings. The highest BCUT2D eigenvalue weighted by molar-refractivity contribution is 7.99. The molecule has 158 valence electrons. The summed E-state index contributed by atoms with van der Waals surface area (Å²) < 4.78 is 1.94. The molecule has 0 amide bonds. The van der Waals surface area contributed by atoms with E-state index in [-0.39, 0.29) is 11.5 Å². The van der Waals surface area contributed by atoms with Gasteiger partial charge in [-0.3, -0.25) is 14.3 Å². The molecule has 5 aromatic rings. The first-order chi connectivity index (χ1) is 15.6. The minimum atomic E-state index is 0.0427. The number of H-pyrrole nitrogens is 1. The normalized spacial score (nSPS) is 11.2. The van der Waals surface area contributed by atoms with Crippen molar-refractivity contribution in [3.05, 3.63) is 89.3 Å². The summed E-state index contributed by atoms with van der Waals surface area (Å²) >= 11 is 7.45. The smallest absolute Gasteiger partial charge is 0.196 e. The van der Waals surface area contributed by atoms with E-state index >= 15 is 0 Å². The third-order valence-electron chi connectivity index (χ3n) is 5.16. The molecular formula is C24H18ClN5OS. The topological polar surface area (TPSA) is 76.5 Å². The summed E-state index contributed by atoms with van der Waals surface area (Å²) in [5.74, 6) is 0.958. The number of nitrogens with zero attached hydrogens (tertiary/aromatic N) is 4. The molecule has 1 N–H and O–H groups in total. The van der Waals surface area contributed by atoms with Crippen LogP contribution in [-0.2, 0) is 0 Å². The first-order valence-electron chi connectivity index (χ1n) is 9.97. The first kappa shape index (κ1) is 20.5. The fraction of sp³-hybridized carbons (Fsp3) is 0.0833. The number of Topliss-reactive ketones (excluding diaryl/α,β-unsaturated/α-hetero) is 1. The summed E-state index contributed by atoms with van der Waals surface area (Å²) in [6.07, 6.45) is 3.43. The number of aromatic nitrogens is 5. The van der Waals surface area contributed by atoms with Gasteiger partial charge in [0.1, 0.15) is 0 Å². The molecule has 3 aromatic heterocycles. The Morgan fingerprint density at radius 2 is 1.78 bits per heavy atom. The van der Waals surface area contributed by atoms with Crippen LogP contribution in [0.5, 0.6) is 0 Å². The van der Waals surface area contributed by atoms with Gasteiger partial charge < -0.3 is 4.98 Å². The number of nitrogens with one attached hydrogen (secondary N) is 1. The number of benzene rings is 2. The van der Waals surface area contributed by atoms with E-state index in [2.05, 4.69) is 20.2 Å². The first-order valence-corrected chi connectivity index (χ1v) is 11.3. The van der Waals surface area contributed by atoms with Crippen LogP contribution in [-0.4, -0.2) is 36.3 Å². The molecule has 0 spiro atoms.